The number of carbonyl (C=O) groups excluding carboxylic acids is 2. The van der Waals surface area contributed by atoms with Gasteiger partial charge in [-0.15, -0.1) is 0 Å². The minimum atomic E-state index is -1.02. The van der Waals surface area contributed by atoms with Gasteiger partial charge in [0.2, 0.25) is 0 Å². The highest BCUT2D eigenvalue weighted by Crippen LogP contribution is 2.09. The number of nitrogens with one attached hydrogen (secondary N) is 2. The molecule has 1 heterocycles. The Kier molecular flexibility index (Phi) is 9.69. The molecule has 0 bridgehead atoms. The predicted octanol–water partition coefficient (Wildman–Crippen LogP) is 0.453. The number of ether oxygens (including phenoxy) is 1. The number of aromatic nitrogens is 2. The molecule has 1 atom stereocenters. The third kappa shape index (κ3) is 8.27. The van der Waals surface area contributed by atoms with E-state index in [9.17, 15) is 24.8 Å². The first-order chi connectivity index (χ1) is 13.9. The Morgan fingerprint density at radius 3 is 2.43 bits per heavy atom. The van der Waals surface area contributed by atoms with Gasteiger partial charge in [-0.05, 0) is 59.1 Å². The molecule has 0 saturated heterocycles. The SMILES string of the molecule is CC(=O)C(C)(C)NCCCNC(C)(C)C(=O)COCC(O)Cn1ccnc1[N+](=O)[O-]. The molecule has 30 heavy (non-hydrogen) atoms. The van der Waals surface area contributed by atoms with Gasteiger partial charge in [0.05, 0.1) is 24.2 Å². The van der Waals surface area contributed by atoms with Crippen LogP contribution >= 0.6 is 0 Å². The third-order valence-corrected chi connectivity index (χ3v) is 4.87. The van der Waals surface area contributed by atoms with Crippen molar-refractivity contribution in [3.8, 4) is 0 Å². The Morgan fingerprint density at radius 1 is 1.27 bits per heavy atom. The number of nitro groups is 1. The lowest BCUT2D eigenvalue weighted by atomic mass is 9.99. The van der Waals surface area contributed by atoms with Crippen LogP contribution in [0.4, 0.5) is 5.95 Å². The van der Waals surface area contributed by atoms with Crippen molar-refractivity contribution in [2.75, 3.05) is 26.3 Å². The number of carbonyl (C=O) groups is 2. The number of hydrogen-bond donors (Lipinski definition) is 3. The van der Waals surface area contributed by atoms with Crippen molar-refractivity contribution >= 4 is 17.5 Å². The van der Waals surface area contributed by atoms with E-state index >= 15 is 0 Å². The quantitative estimate of drug-likeness (QED) is 0.206. The zero-order valence-corrected chi connectivity index (χ0v) is 18.3. The topological polar surface area (TPSA) is 149 Å². The Bertz CT molecular complexity index is 731. The lowest BCUT2D eigenvalue weighted by Crippen LogP contribution is -2.50. The highest BCUT2D eigenvalue weighted by molar-refractivity contribution is 5.88. The number of ketones is 2. The molecule has 1 aromatic rings. The first kappa shape index (κ1) is 25.8. The van der Waals surface area contributed by atoms with Gasteiger partial charge in [-0.3, -0.25) is 9.59 Å². The Balaban J connectivity index is 2.31. The molecular weight excluding hydrogens is 394 g/mol. The normalized spacial score (nSPS) is 13.3. The van der Waals surface area contributed by atoms with E-state index in [4.69, 9.17) is 4.74 Å². The molecule has 0 aliphatic rings. The number of Topliss-reactive ketones (excluding diaryl/α,β-unsaturated/α-hetero) is 2. The van der Waals surface area contributed by atoms with Crippen LogP contribution in [0.15, 0.2) is 12.4 Å². The van der Waals surface area contributed by atoms with Crippen molar-refractivity contribution in [2.24, 2.45) is 0 Å². The van der Waals surface area contributed by atoms with Crippen molar-refractivity contribution < 1.29 is 24.4 Å². The first-order valence-corrected chi connectivity index (χ1v) is 9.82. The predicted molar refractivity (Wildman–Crippen MR) is 110 cm³/mol. The van der Waals surface area contributed by atoms with Crippen LogP contribution in [0.5, 0.6) is 0 Å². The van der Waals surface area contributed by atoms with Crippen molar-refractivity contribution in [2.45, 2.75) is 64.8 Å². The summed E-state index contributed by atoms with van der Waals surface area (Å²) in [6, 6.07) is 0. The molecule has 0 aliphatic carbocycles. The molecule has 3 N–H and O–H groups in total. The summed E-state index contributed by atoms with van der Waals surface area (Å²) in [5.74, 6) is -0.482. The Morgan fingerprint density at radius 2 is 1.87 bits per heavy atom. The van der Waals surface area contributed by atoms with E-state index in [1.807, 2.05) is 13.8 Å². The zero-order chi connectivity index (χ0) is 22.9. The van der Waals surface area contributed by atoms with Crippen LogP contribution in [0, 0.1) is 10.1 Å². The minimum Gasteiger partial charge on any atom is -0.390 e. The van der Waals surface area contributed by atoms with Crippen molar-refractivity contribution in [3.05, 3.63) is 22.5 Å². The average Bonchev–Trinajstić information content (AvgIpc) is 3.09. The van der Waals surface area contributed by atoms with Gasteiger partial charge in [-0.1, -0.05) is 4.98 Å². The maximum atomic E-state index is 12.4. The van der Waals surface area contributed by atoms with Crippen LogP contribution in [0.1, 0.15) is 41.0 Å². The van der Waals surface area contributed by atoms with E-state index < -0.39 is 22.1 Å². The number of hydrogen-bond acceptors (Lipinski definition) is 9. The summed E-state index contributed by atoms with van der Waals surface area (Å²) in [4.78, 5) is 37.6. The first-order valence-electron chi connectivity index (χ1n) is 9.82. The minimum absolute atomic E-state index is 0.0598. The standard InChI is InChI=1S/C19H33N5O6/c1-14(25)18(2,3)21-7-6-8-22-19(4,5)16(27)13-30-12-15(26)11-23-10-9-20-17(23)24(28)29/h9-10,15,21-22,26H,6-8,11-13H2,1-5H3. The maximum absolute atomic E-state index is 12.4. The van der Waals surface area contributed by atoms with E-state index in [-0.39, 0.29) is 37.3 Å². The monoisotopic (exact) mass is 427 g/mol. The molecule has 1 unspecified atom stereocenters. The summed E-state index contributed by atoms with van der Waals surface area (Å²) >= 11 is 0. The summed E-state index contributed by atoms with van der Waals surface area (Å²) in [5, 5.41) is 27.2. The summed E-state index contributed by atoms with van der Waals surface area (Å²) in [6.45, 7) is 9.50. The van der Waals surface area contributed by atoms with Crippen LogP contribution in [0.2, 0.25) is 0 Å². The molecule has 0 aromatic carbocycles. The summed E-state index contributed by atoms with van der Waals surface area (Å²) in [6.07, 6.45) is 2.39. The smallest absolute Gasteiger partial charge is 0.390 e. The highest BCUT2D eigenvalue weighted by atomic mass is 16.6. The number of nitrogens with zero attached hydrogens (tertiary/aromatic N) is 3. The fraction of sp³-hybridized carbons (Fsp3) is 0.737. The molecule has 0 aliphatic heterocycles. The van der Waals surface area contributed by atoms with Crippen molar-refractivity contribution in [3.63, 3.8) is 0 Å². The molecular formula is C19H33N5O6. The van der Waals surface area contributed by atoms with Crippen LogP contribution in [-0.2, 0) is 20.9 Å². The van der Waals surface area contributed by atoms with E-state index in [0.29, 0.717) is 13.1 Å². The second kappa shape index (κ2) is 11.3. The van der Waals surface area contributed by atoms with Crippen LogP contribution in [-0.4, -0.2) is 74.6 Å². The average molecular weight is 428 g/mol. The van der Waals surface area contributed by atoms with E-state index in [1.165, 1.54) is 17.0 Å². The van der Waals surface area contributed by atoms with E-state index in [2.05, 4.69) is 15.6 Å². The fourth-order valence-electron chi connectivity index (χ4n) is 2.48. The summed E-state index contributed by atoms with van der Waals surface area (Å²) < 4.78 is 6.51. The molecule has 0 saturated carbocycles. The molecule has 0 spiro atoms. The largest absolute Gasteiger partial charge is 0.434 e. The molecule has 0 fully saturated rings. The van der Waals surface area contributed by atoms with Crippen LogP contribution < -0.4 is 10.6 Å². The van der Waals surface area contributed by atoms with Gasteiger partial charge in [-0.25, -0.2) is 4.57 Å². The highest BCUT2D eigenvalue weighted by Gasteiger charge is 2.27. The summed E-state index contributed by atoms with van der Waals surface area (Å²) in [7, 11) is 0. The maximum Gasteiger partial charge on any atom is 0.434 e. The van der Waals surface area contributed by atoms with Crippen molar-refractivity contribution in [1.82, 2.24) is 20.2 Å². The third-order valence-electron chi connectivity index (χ3n) is 4.87. The van der Waals surface area contributed by atoms with E-state index in [0.717, 1.165) is 6.42 Å². The molecule has 170 valence electrons. The van der Waals surface area contributed by atoms with Crippen molar-refractivity contribution in [1.29, 1.82) is 0 Å². The van der Waals surface area contributed by atoms with E-state index in [1.54, 1.807) is 20.8 Å². The fourth-order valence-corrected chi connectivity index (χ4v) is 2.48. The lowest BCUT2D eigenvalue weighted by molar-refractivity contribution is -0.397. The molecule has 0 amide bonds. The second-order valence-corrected chi connectivity index (χ2v) is 8.24. The van der Waals surface area contributed by atoms with Gasteiger partial charge < -0.3 is 30.6 Å². The number of aliphatic hydroxyl groups is 1. The van der Waals surface area contributed by atoms with Crippen LogP contribution in [0.25, 0.3) is 0 Å². The summed E-state index contributed by atoms with van der Waals surface area (Å²) in [5.41, 5.74) is -1.39. The molecule has 0 radical (unpaired) electrons. The molecule has 1 rings (SSSR count). The zero-order valence-electron chi connectivity index (χ0n) is 18.3. The van der Waals surface area contributed by atoms with Crippen LogP contribution in [0.3, 0.4) is 0 Å². The van der Waals surface area contributed by atoms with Gasteiger partial charge in [-0.2, -0.15) is 0 Å². The van der Waals surface area contributed by atoms with Gasteiger partial charge >= 0.3 is 5.95 Å². The lowest BCUT2D eigenvalue weighted by Gasteiger charge is -2.26. The Labute approximate surface area is 176 Å². The molecule has 11 heteroatoms. The molecule has 11 nitrogen and oxygen atoms in total. The number of rotatable bonds is 15. The van der Waals surface area contributed by atoms with Gasteiger partial charge in [0.1, 0.15) is 30.9 Å². The number of aliphatic hydroxyl groups excluding tert-OH is 1. The number of imidazole rings is 1. The second-order valence-electron chi connectivity index (χ2n) is 8.24. The Hall–Kier alpha value is -2.21. The van der Waals surface area contributed by atoms with Gasteiger partial charge in [0, 0.05) is 0 Å². The van der Waals surface area contributed by atoms with Gasteiger partial charge in [0.15, 0.2) is 5.78 Å². The van der Waals surface area contributed by atoms with Gasteiger partial charge in [0.25, 0.3) is 0 Å². The molecule has 1 aromatic heterocycles.